The highest BCUT2D eigenvalue weighted by molar-refractivity contribution is 6.08. The molecule has 0 aliphatic carbocycles. The summed E-state index contributed by atoms with van der Waals surface area (Å²) in [5.41, 5.74) is 1.50. The zero-order chi connectivity index (χ0) is 18.5. The maximum Gasteiger partial charge on any atom is 0.310 e. The number of rotatable bonds is 7. The first-order chi connectivity index (χ1) is 12.6. The zero-order valence-electron chi connectivity index (χ0n) is 15.1. The van der Waals surface area contributed by atoms with Crippen LogP contribution in [0.25, 0.3) is 21.7 Å². The van der Waals surface area contributed by atoms with Crippen molar-refractivity contribution in [2.45, 2.75) is 39.2 Å². The number of hydrogen-bond acceptors (Lipinski definition) is 4. The largest absolute Gasteiger partial charge is 0.464 e. The third-order valence-corrected chi connectivity index (χ3v) is 4.37. The van der Waals surface area contributed by atoms with E-state index in [2.05, 4.69) is 12.2 Å². The SMILES string of the molecule is CCC[C@@H](C)NC(=O)COC(=O)Cc1coc2ccc3ccccc3c12. The molecule has 0 bridgehead atoms. The highest BCUT2D eigenvalue weighted by atomic mass is 16.5. The predicted octanol–water partition coefficient (Wildman–Crippen LogP) is 3.98. The molecule has 0 unspecified atom stereocenters. The molecule has 1 aromatic heterocycles. The summed E-state index contributed by atoms with van der Waals surface area (Å²) in [5.74, 6) is -0.722. The summed E-state index contributed by atoms with van der Waals surface area (Å²) in [6, 6.07) is 11.9. The number of ether oxygens (including phenoxy) is 1. The van der Waals surface area contributed by atoms with E-state index in [1.54, 1.807) is 6.26 Å². The van der Waals surface area contributed by atoms with Crippen molar-refractivity contribution in [3.05, 3.63) is 48.2 Å². The summed E-state index contributed by atoms with van der Waals surface area (Å²) >= 11 is 0. The van der Waals surface area contributed by atoms with Gasteiger partial charge in [-0.05, 0) is 30.2 Å². The number of hydrogen-bond donors (Lipinski definition) is 1. The van der Waals surface area contributed by atoms with Crippen LogP contribution in [-0.2, 0) is 20.7 Å². The molecule has 136 valence electrons. The van der Waals surface area contributed by atoms with E-state index in [0.29, 0.717) is 0 Å². The summed E-state index contributed by atoms with van der Waals surface area (Å²) in [5, 5.41) is 5.85. The second-order valence-corrected chi connectivity index (χ2v) is 6.52. The number of carbonyl (C=O) groups excluding carboxylic acids is 2. The van der Waals surface area contributed by atoms with Gasteiger partial charge in [0, 0.05) is 17.0 Å². The molecule has 1 N–H and O–H groups in total. The highest BCUT2D eigenvalue weighted by Gasteiger charge is 2.15. The van der Waals surface area contributed by atoms with E-state index >= 15 is 0 Å². The van der Waals surface area contributed by atoms with Gasteiger partial charge < -0.3 is 14.5 Å². The maximum atomic E-state index is 12.2. The average Bonchev–Trinajstić information content (AvgIpc) is 3.03. The fourth-order valence-corrected chi connectivity index (χ4v) is 3.18. The Morgan fingerprint density at radius 1 is 1.19 bits per heavy atom. The number of carbonyl (C=O) groups is 2. The Labute approximate surface area is 152 Å². The van der Waals surface area contributed by atoms with E-state index in [1.807, 2.05) is 43.3 Å². The molecule has 5 nitrogen and oxygen atoms in total. The minimum Gasteiger partial charge on any atom is -0.464 e. The van der Waals surface area contributed by atoms with Gasteiger partial charge >= 0.3 is 5.97 Å². The van der Waals surface area contributed by atoms with Crippen LogP contribution in [0.1, 0.15) is 32.3 Å². The van der Waals surface area contributed by atoms with E-state index in [4.69, 9.17) is 9.15 Å². The van der Waals surface area contributed by atoms with Gasteiger partial charge in [-0.15, -0.1) is 0 Å². The molecule has 26 heavy (non-hydrogen) atoms. The lowest BCUT2D eigenvalue weighted by Crippen LogP contribution is -2.35. The number of nitrogens with one attached hydrogen (secondary N) is 1. The standard InChI is InChI=1S/C21H23NO4/c1-3-6-14(2)22-19(23)13-26-20(24)11-16-12-25-18-10-9-15-7-4-5-8-17(15)21(16)18/h4-5,7-10,12,14H,3,6,11,13H2,1-2H3,(H,22,23)/t14-/m1/s1. The summed E-state index contributed by atoms with van der Waals surface area (Å²) in [7, 11) is 0. The number of benzene rings is 2. The molecule has 3 rings (SSSR count). The van der Waals surface area contributed by atoms with Crippen molar-refractivity contribution in [1.29, 1.82) is 0 Å². The van der Waals surface area contributed by atoms with Crippen molar-refractivity contribution in [3.8, 4) is 0 Å². The molecule has 3 aromatic rings. The Bertz CT molecular complexity index is 928. The Morgan fingerprint density at radius 2 is 2.00 bits per heavy atom. The van der Waals surface area contributed by atoms with Crippen molar-refractivity contribution < 1.29 is 18.7 Å². The normalized spacial score (nSPS) is 12.2. The molecule has 2 aromatic carbocycles. The van der Waals surface area contributed by atoms with E-state index in [9.17, 15) is 9.59 Å². The predicted molar refractivity (Wildman–Crippen MR) is 101 cm³/mol. The average molecular weight is 353 g/mol. The van der Waals surface area contributed by atoms with Gasteiger partial charge in [0.2, 0.25) is 0 Å². The first-order valence-electron chi connectivity index (χ1n) is 8.91. The molecule has 0 spiro atoms. The van der Waals surface area contributed by atoms with Gasteiger partial charge in [-0.3, -0.25) is 9.59 Å². The van der Waals surface area contributed by atoms with Crippen LogP contribution in [0.2, 0.25) is 0 Å². The second-order valence-electron chi connectivity index (χ2n) is 6.52. The highest BCUT2D eigenvalue weighted by Crippen LogP contribution is 2.30. The zero-order valence-corrected chi connectivity index (χ0v) is 15.1. The molecule has 0 fully saturated rings. The van der Waals surface area contributed by atoms with E-state index < -0.39 is 5.97 Å². The summed E-state index contributed by atoms with van der Waals surface area (Å²) in [6.07, 6.45) is 3.54. The second kappa shape index (κ2) is 8.04. The molecular formula is C21H23NO4. The van der Waals surface area contributed by atoms with E-state index in [-0.39, 0.29) is 25.0 Å². The van der Waals surface area contributed by atoms with E-state index in [1.165, 1.54) is 0 Å². The van der Waals surface area contributed by atoms with Gasteiger partial charge in [0.1, 0.15) is 5.58 Å². The van der Waals surface area contributed by atoms with Crippen LogP contribution in [0.4, 0.5) is 0 Å². The first kappa shape index (κ1) is 18.0. The van der Waals surface area contributed by atoms with Crippen LogP contribution in [0.3, 0.4) is 0 Å². The molecule has 0 aliphatic rings. The van der Waals surface area contributed by atoms with Gasteiger partial charge in [0.15, 0.2) is 6.61 Å². The topological polar surface area (TPSA) is 68.5 Å². The molecule has 0 saturated carbocycles. The number of fused-ring (bicyclic) bond motifs is 3. The van der Waals surface area contributed by atoms with Crippen molar-refractivity contribution in [2.24, 2.45) is 0 Å². The minimum absolute atomic E-state index is 0.0683. The first-order valence-corrected chi connectivity index (χ1v) is 8.91. The van der Waals surface area contributed by atoms with Crippen LogP contribution in [-0.4, -0.2) is 24.5 Å². The number of amides is 1. The van der Waals surface area contributed by atoms with Crippen LogP contribution < -0.4 is 5.32 Å². The molecule has 1 heterocycles. The van der Waals surface area contributed by atoms with E-state index in [0.717, 1.165) is 40.1 Å². The van der Waals surface area contributed by atoms with Crippen molar-refractivity contribution in [2.75, 3.05) is 6.61 Å². The number of furan rings is 1. The quantitative estimate of drug-likeness (QED) is 0.653. The molecule has 5 heteroatoms. The molecule has 1 amide bonds. The Kier molecular flexibility index (Phi) is 5.56. The smallest absolute Gasteiger partial charge is 0.310 e. The molecular weight excluding hydrogens is 330 g/mol. The lowest BCUT2D eigenvalue weighted by Gasteiger charge is -2.12. The van der Waals surface area contributed by atoms with Gasteiger partial charge in [-0.2, -0.15) is 0 Å². The lowest BCUT2D eigenvalue weighted by atomic mass is 10.0. The van der Waals surface area contributed by atoms with Crippen molar-refractivity contribution >= 4 is 33.6 Å². The van der Waals surface area contributed by atoms with Crippen molar-refractivity contribution in [1.82, 2.24) is 5.32 Å². The van der Waals surface area contributed by atoms with Crippen LogP contribution in [0, 0.1) is 0 Å². The van der Waals surface area contributed by atoms with Crippen molar-refractivity contribution in [3.63, 3.8) is 0 Å². The fourth-order valence-electron chi connectivity index (χ4n) is 3.18. The van der Waals surface area contributed by atoms with Gasteiger partial charge in [0.05, 0.1) is 12.7 Å². The van der Waals surface area contributed by atoms with Crippen LogP contribution >= 0.6 is 0 Å². The van der Waals surface area contributed by atoms with Crippen LogP contribution in [0.15, 0.2) is 47.1 Å². The number of esters is 1. The van der Waals surface area contributed by atoms with Gasteiger partial charge in [-0.25, -0.2) is 0 Å². The Hall–Kier alpha value is -2.82. The monoisotopic (exact) mass is 353 g/mol. The summed E-state index contributed by atoms with van der Waals surface area (Å²) in [6.45, 7) is 3.73. The minimum atomic E-state index is -0.445. The Morgan fingerprint density at radius 3 is 2.81 bits per heavy atom. The Balaban J connectivity index is 1.66. The molecule has 1 atom stereocenters. The van der Waals surface area contributed by atoms with Crippen LogP contribution in [0.5, 0.6) is 0 Å². The summed E-state index contributed by atoms with van der Waals surface area (Å²) < 4.78 is 10.7. The summed E-state index contributed by atoms with van der Waals surface area (Å²) in [4.78, 5) is 24.0. The third-order valence-electron chi connectivity index (χ3n) is 4.37. The lowest BCUT2D eigenvalue weighted by molar-refractivity contribution is -0.148. The maximum absolute atomic E-state index is 12.2. The molecule has 0 aliphatic heterocycles. The fraction of sp³-hybridized carbons (Fsp3) is 0.333. The third kappa shape index (κ3) is 4.04. The van der Waals surface area contributed by atoms with Gasteiger partial charge in [-0.1, -0.05) is 43.7 Å². The molecule has 0 saturated heterocycles. The van der Waals surface area contributed by atoms with Gasteiger partial charge in [0.25, 0.3) is 5.91 Å². The molecule has 0 radical (unpaired) electrons.